The Kier molecular flexibility index (Phi) is 4.74. The van der Waals surface area contributed by atoms with Crippen molar-refractivity contribution >= 4 is 11.8 Å². The number of benzene rings is 1. The second kappa shape index (κ2) is 6.96. The Morgan fingerprint density at radius 1 is 1.28 bits per heavy atom. The van der Waals surface area contributed by atoms with Crippen LogP contribution in [0.2, 0.25) is 0 Å². The first kappa shape index (κ1) is 17.0. The van der Waals surface area contributed by atoms with Crippen molar-refractivity contribution in [2.45, 2.75) is 6.92 Å². The number of nitrogens with two attached hydrogens (primary N) is 1. The molecule has 7 nitrogen and oxygen atoms in total. The number of rotatable bonds is 5. The molecule has 0 spiro atoms. The van der Waals surface area contributed by atoms with Gasteiger partial charge < -0.3 is 15.4 Å². The fourth-order valence-electron chi connectivity index (χ4n) is 3.22. The van der Waals surface area contributed by atoms with Gasteiger partial charge >= 0.3 is 0 Å². The lowest BCUT2D eigenvalue weighted by Gasteiger charge is -2.17. The van der Waals surface area contributed by atoms with E-state index in [0.29, 0.717) is 25.4 Å². The van der Waals surface area contributed by atoms with Crippen LogP contribution in [0.4, 0.5) is 0 Å². The van der Waals surface area contributed by atoms with E-state index in [1.54, 1.807) is 22.7 Å². The summed E-state index contributed by atoms with van der Waals surface area (Å²) >= 11 is 0. The van der Waals surface area contributed by atoms with E-state index in [1.165, 1.54) is 0 Å². The van der Waals surface area contributed by atoms with E-state index in [1.807, 2.05) is 37.3 Å². The summed E-state index contributed by atoms with van der Waals surface area (Å²) < 4.78 is 7.33. The molecular formula is C18H22N4O3. The number of amides is 2. The first-order valence-corrected chi connectivity index (χ1v) is 8.22. The molecule has 0 saturated carbocycles. The average Bonchev–Trinajstić information content (AvgIpc) is 3.16. The molecule has 0 unspecified atom stereocenters. The van der Waals surface area contributed by atoms with Crippen molar-refractivity contribution in [3.8, 4) is 5.75 Å². The van der Waals surface area contributed by atoms with Crippen LogP contribution in [0.1, 0.15) is 16.2 Å². The Morgan fingerprint density at radius 2 is 2.00 bits per heavy atom. The molecule has 3 rings (SSSR count). The highest BCUT2D eigenvalue weighted by atomic mass is 16.5. The maximum Gasteiger partial charge on any atom is 0.272 e. The smallest absolute Gasteiger partial charge is 0.272 e. The Hall–Kier alpha value is -2.83. The monoisotopic (exact) mass is 342 g/mol. The number of carbonyl (C=O) groups is 2. The molecule has 0 radical (unpaired) electrons. The van der Waals surface area contributed by atoms with Gasteiger partial charge in [0.1, 0.15) is 11.4 Å². The number of aromatic nitrogens is 2. The van der Waals surface area contributed by atoms with E-state index in [2.05, 4.69) is 5.10 Å². The summed E-state index contributed by atoms with van der Waals surface area (Å²) in [5, 5.41) is 4.21. The molecule has 0 aliphatic carbocycles. The maximum absolute atomic E-state index is 12.7. The zero-order valence-electron chi connectivity index (χ0n) is 14.4. The molecule has 2 amide bonds. The van der Waals surface area contributed by atoms with Crippen LogP contribution in [-0.4, -0.2) is 46.2 Å². The van der Waals surface area contributed by atoms with Gasteiger partial charge in [-0.15, -0.1) is 0 Å². The van der Waals surface area contributed by atoms with Crippen molar-refractivity contribution in [1.29, 1.82) is 0 Å². The molecule has 2 heterocycles. The molecule has 2 N–H and O–H groups in total. The van der Waals surface area contributed by atoms with Crippen molar-refractivity contribution in [2.75, 3.05) is 19.7 Å². The summed E-state index contributed by atoms with van der Waals surface area (Å²) in [5.41, 5.74) is 6.83. The summed E-state index contributed by atoms with van der Waals surface area (Å²) in [5.74, 6) is -0.356. The van der Waals surface area contributed by atoms with Crippen LogP contribution in [0.25, 0.3) is 0 Å². The topological polar surface area (TPSA) is 90.5 Å². The van der Waals surface area contributed by atoms with Crippen LogP contribution in [0.3, 0.4) is 0 Å². The maximum atomic E-state index is 12.7. The Morgan fingerprint density at radius 3 is 2.60 bits per heavy atom. The number of hydrogen-bond donors (Lipinski definition) is 1. The molecule has 1 saturated heterocycles. The SMILES string of the molecule is Cc1cc(C(=O)N2C[C@@H](COc3ccccc3)[C@H](C(N)=O)C2)n(C)n1. The van der Waals surface area contributed by atoms with Gasteiger partial charge in [-0.25, -0.2) is 0 Å². The average molecular weight is 342 g/mol. The van der Waals surface area contributed by atoms with Crippen LogP contribution < -0.4 is 10.5 Å². The summed E-state index contributed by atoms with van der Waals surface area (Å²) in [6.45, 7) is 2.92. The molecule has 25 heavy (non-hydrogen) atoms. The van der Waals surface area contributed by atoms with E-state index in [-0.39, 0.29) is 11.8 Å². The summed E-state index contributed by atoms with van der Waals surface area (Å²) in [6.07, 6.45) is 0. The third-order valence-electron chi connectivity index (χ3n) is 4.52. The number of aryl methyl sites for hydroxylation is 2. The minimum Gasteiger partial charge on any atom is -0.493 e. The second-order valence-electron chi connectivity index (χ2n) is 6.40. The van der Waals surface area contributed by atoms with Crippen LogP contribution in [0.15, 0.2) is 36.4 Å². The quantitative estimate of drug-likeness (QED) is 0.877. The van der Waals surface area contributed by atoms with Crippen LogP contribution >= 0.6 is 0 Å². The lowest BCUT2D eigenvalue weighted by molar-refractivity contribution is -0.122. The number of carbonyl (C=O) groups excluding carboxylic acids is 2. The van der Waals surface area contributed by atoms with E-state index >= 15 is 0 Å². The zero-order chi connectivity index (χ0) is 18.0. The van der Waals surface area contributed by atoms with E-state index < -0.39 is 11.8 Å². The Bertz CT molecular complexity index is 772. The van der Waals surface area contributed by atoms with E-state index in [9.17, 15) is 9.59 Å². The minimum absolute atomic E-state index is 0.129. The van der Waals surface area contributed by atoms with Gasteiger partial charge in [-0.2, -0.15) is 5.10 Å². The predicted octanol–water partition coefficient (Wildman–Crippen LogP) is 0.981. The molecule has 1 aromatic carbocycles. The third-order valence-corrected chi connectivity index (χ3v) is 4.52. The number of primary amides is 1. The predicted molar refractivity (Wildman–Crippen MR) is 92.0 cm³/mol. The zero-order valence-corrected chi connectivity index (χ0v) is 14.4. The molecule has 7 heteroatoms. The number of ether oxygens (including phenoxy) is 1. The molecular weight excluding hydrogens is 320 g/mol. The molecule has 1 fully saturated rings. The lowest BCUT2D eigenvalue weighted by atomic mass is 9.96. The van der Waals surface area contributed by atoms with Crippen molar-refractivity contribution in [2.24, 2.45) is 24.6 Å². The van der Waals surface area contributed by atoms with Crippen molar-refractivity contribution in [3.05, 3.63) is 47.8 Å². The van der Waals surface area contributed by atoms with Crippen molar-refractivity contribution < 1.29 is 14.3 Å². The molecule has 1 aliphatic rings. The fourth-order valence-corrected chi connectivity index (χ4v) is 3.22. The Labute approximate surface area is 146 Å². The number of nitrogens with zero attached hydrogens (tertiary/aromatic N) is 3. The van der Waals surface area contributed by atoms with Crippen LogP contribution in [0.5, 0.6) is 5.75 Å². The highest BCUT2D eigenvalue weighted by Crippen LogP contribution is 2.26. The minimum atomic E-state index is -0.415. The van der Waals surface area contributed by atoms with Crippen LogP contribution in [0, 0.1) is 18.8 Å². The Balaban J connectivity index is 1.70. The highest BCUT2D eigenvalue weighted by molar-refractivity contribution is 5.93. The molecule has 2 atom stereocenters. The normalized spacial score (nSPS) is 19.8. The summed E-state index contributed by atoms with van der Waals surface area (Å²) in [4.78, 5) is 26.2. The second-order valence-corrected chi connectivity index (χ2v) is 6.40. The highest BCUT2D eigenvalue weighted by Gasteiger charge is 2.39. The standard InChI is InChI=1S/C18H22N4O3/c1-12-8-16(21(2)20-12)18(24)22-9-13(15(10-22)17(19)23)11-25-14-6-4-3-5-7-14/h3-8,13,15H,9-11H2,1-2H3,(H2,19,23)/t13-,15+/m0/s1. The molecule has 132 valence electrons. The summed E-state index contributed by atoms with van der Waals surface area (Å²) in [7, 11) is 1.73. The van der Waals surface area contributed by atoms with Gasteiger partial charge in [-0.3, -0.25) is 14.3 Å². The largest absolute Gasteiger partial charge is 0.493 e. The molecule has 0 bridgehead atoms. The van der Waals surface area contributed by atoms with Crippen molar-refractivity contribution in [1.82, 2.24) is 14.7 Å². The van der Waals surface area contributed by atoms with Gasteiger partial charge in [0.15, 0.2) is 0 Å². The van der Waals surface area contributed by atoms with Gasteiger partial charge in [0, 0.05) is 26.1 Å². The van der Waals surface area contributed by atoms with Crippen LogP contribution in [-0.2, 0) is 11.8 Å². The first-order valence-electron chi connectivity index (χ1n) is 8.22. The third kappa shape index (κ3) is 3.65. The summed E-state index contributed by atoms with van der Waals surface area (Å²) in [6, 6.07) is 11.1. The molecule has 1 aliphatic heterocycles. The van der Waals surface area contributed by atoms with Crippen molar-refractivity contribution in [3.63, 3.8) is 0 Å². The van der Waals surface area contributed by atoms with Gasteiger partial charge in [-0.1, -0.05) is 18.2 Å². The fraction of sp³-hybridized carbons (Fsp3) is 0.389. The van der Waals surface area contributed by atoms with E-state index in [4.69, 9.17) is 10.5 Å². The lowest BCUT2D eigenvalue weighted by Crippen LogP contribution is -2.33. The van der Waals surface area contributed by atoms with Gasteiger partial charge in [0.05, 0.1) is 18.2 Å². The molecule has 1 aromatic heterocycles. The number of hydrogen-bond acceptors (Lipinski definition) is 4. The van der Waals surface area contributed by atoms with Gasteiger partial charge in [0.2, 0.25) is 5.91 Å². The van der Waals surface area contributed by atoms with E-state index in [0.717, 1.165) is 11.4 Å². The number of para-hydroxylation sites is 1. The van der Waals surface area contributed by atoms with Gasteiger partial charge in [-0.05, 0) is 25.1 Å². The number of likely N-dealkylation sites (tertiary alicyclic amines) is 1. The van der Waals surface area contributed by atoms with Gasteiger partial charge in [0.25, 0.3) is 5.91 Å². The molecule has 2 aromatic rings. The first-order chi connectivity index (χ1) is 12.0.